The van der Waals surface area contributed by atoms with Crippen LogP contribution in [0.25, 0.3) is 18.5 Å². The summed E-state index contributed by atoms with van der Waals surface area (Å²) in [5, 5.41) is 7.08. The molecule has 2 aromatic carbocycles. The van der Waals surface area contributed by atoms with Crippen LogP contribution in [0, 0.1) is 13.8 Å². The fourth-order valence-electron chi connectivity index (χ4n) is 2.65. The zero-order valence-corrected chi connectivity index (χ0v) is 15.1. The molecular formula is C21H21N3O2. The second kappa shape index (κ2) is 6.88. The second-order valence-corrected chi connectivity index (χ2v) is 6.34. The zero-order valence-electron chi connectivity index (χ0n) is 15.1. The molecule has 0 aliphatic heterocycles. The Morgan fingerprint density at radius 1 is 1.12 bits per heavy atom. The van der Waals surface area contributed by atoms with Gasteiger partial charge in [-0.2, -0.15) is 0 Å². The van der Waals surface area contributed by atoms with Crippen LogP contribution in [-0.4, -0.2) is 15.6 Å². The van der Waals surface area contributed by atoms with E-state index >= 15 is 0 Å². The molecule has 0 saturated heterocycles. The van der Waals surface area contributed by atoms with Gasteiger partial charge in [-0.15, -0.1) is 0 Å². The van der Waals surface area contributed by atoms with Crippen LogP contribution < -0.4 is 21.4 Å². The SMILES string of the molecule is C=c1[nH]n(-c2ccc(C)c(C)c2)c(=O)c1=CNc1ccc(C(C)=O)cc1. The standard InChI is InChI=1S/C21H21N3O2/c1-13-5-10-19(11-14(13)2)24-21(26)20(15(3)23-24)12-22-18-8-6-17(7-9-18)16(4)25/h5-12,22-23H,3H2,1-2,4H3. The molecule has 0 fully saturated rings. The molecule has 5 nitrogen and oxygen atoms in total. The number of aromatic nitrogens is 2. The number of hydrogen-bond acceptors (Lipinski definition) is 3. The van der Waals surface area contributed by atoms with E-state index in [0.29, 0.717) is 16.1 Å². The summed E-state index contributed by atoms with van der Waals surface area (Å²) >= 11 is 0. The van der Waals surface area contributed by atoms with Gasteiger partial charge in [-0.05, 0) is 68.3 Å². The second-order valence-electron chi connectivity index (χ2n) is 6.34. The molecule has 26 heavy (non-hydrogen) atoms. The summed E-state index contributed by atoms with van der Waals surface area (Å²) in [6, 6.07) is 12.9. The van der Waals surface area contributed by atoms with Gasteiger partial charge in [0.2, 0.25) is 0 Å². The van der Waals surface area contributed by atoms with Crippen LogP contribution in [0.3, 0.4) is 0 Å². The quantitative estimate of drug-likeness (QED) is 0.712. The molecule has 132 valence electrons. The van der Waals surface area contributed by atoms with Crippen molar-refractivity contribution >= 4 is 24.2 Å². The van der Waals surface area contributed by atoms with E-state index in [4.69, 9.17) is 0 Å². The first kappa shape index (κ1) is 17.5. The van der Waals surface area contributed by atoms with Crippen molar-refractivity contribution in [2.75, 3.05) is 5.32 Å². The highest BCUT2D eigenvalue weighted by Gasteiger charge is 2.06. The van der Waals surface area contributed by atoms with Gasteiger partial charge in [0.1, 0.15) is 0 Å². The number of nitrogens with one attached hydrogen (secondary N) is 2. The van der Waals surface area contributed by atoms with Gasteiger partial charge in [0.25, 0.3) is 5.56 Å². The van der Waals surface area contributed by atoms with Gasteiger partial charge in [-0.1, -0.05) is 12.6 Å². The largest absolute Gasteiger partial charge is 0.361 e. The van der Waals surface area contributed by atoms with E-state index in [1.165, 1.54) is 17.2 Å². The maximum atomic E-state index is 12.7. The number of carbonyl (C=O) groups is 1. The van der Waals surface area contributed by atoms with E-state index in [0.717, 1.165) is 16.9 Å². The predicted octanol–water partition coefficient (Wildman–Crippen LogP) is 2.25. The molecule has 0 atom stereocenters. The highest BCUT2D eigenvalue weighted by molar-refractivity contribution is 5.94. The number of hydrogen-bond donors (Lipinski definition) is 2. The number of rotatable bonds is 4. The number of benzene rings is 2. The van der Waals surface area contributed by atoms with Crippen molar-refractivity contribution < 1.29 is 4.79 Å². The van der Waals surface area contributed by atoms with E-state index < -0.39 is 0 Å². The number of carbonyl (C=O) groups excluding carboxylic acids is 1. The Labute approximate surface area is 151 Å². The minimum absolute atomic E-state index is 0.0162. The van der Waals surface area contributed by atoms with Crippen molar-refractivity contribution in [2.45, 2.75) is 20.8 Å². The molecule has 0 amide bonds. The fraction of sp³-hybridized carbons (Fsp3) is 0.143. The first-order valence-corrected chi connectivity index (χ1v) is 8.32. The molecule has 0 radical (unpaired) electrons. The van der Waals surface area contributed by atoms with Crippen LogP contribution in [0.2, 0.25) is 0 Å². The van der Waals surface area contributed by atoms with Crippen LogP contribution >= 0.6 is 0 Å². The molecule has 0 unspecified atom stereocenters. The average molecular weight is 347 g/mol. The average Bonchev–Trinajstić information content (AvgIpc) is 2.90. The molecule has 1 aromatic heterocycles. The number of aryl methyl sites for hydroxylation is 2. The number of ketones is 1. The fourth-order valence-corrected chi connectivity index (χ4v) is 2.65. The molecule has 3 aromatic rings. The van der Waals surface area contributed by atoms with Crippen molar-refractivity contribution in [3.63, 3.8) is 0 Å². The van der Waals surface area contributed by atoms with E-state index in [1.54, 1.807) is 30.5 Å². The summed E-state index contributed by atoms with van der Waals surface area (Å²) in [7, 11) is 0. The molecule has 2 N–H and O–H groups in total. The molecule has 0 aliphatic carbocycles. The van der Waals surface area contributed by atoms with Gasteiger partial charge < -0.3 is 5.32 Å². The van der Waals surface area contributed by atoms with Crippen LogP contribution in [0.15, 0.2) is 47.3 Å². The Morgan fingerprint density at radius 3 is 2.42 bits per heavy atom. The Hall–Kier alpha value is -3.34. The molecule has 0 bridgehead atoms. The van der Waals surface area contributed by atoms with Crippen molar-refractivity contribution in [1.82, 2.24) is 9.78 Å². The summed E-state index contributed by atoms with van der Waals surface area (Å²) in [5.74, 6) is 0.0162. The third kappa shape index (κ3) is 3.37. The van der Waals surface area contributed by atoms with Crippen LogP contribution in [-0.2, 0) is 0 Å². The number of Topliss-reactive ketones (excluding diaryl/α,β-unsaturated/α-hetero) is 1. The maximum absolute atomic E-state index is 12.7. The minimum atomic E-state index is -0.175. The molecule has 1 heterocycles. The Morgan fingerprint density at radius 2 is 1.81 bits per heavy atom. The zero-order chi connectivity index (χ0) is 18.8. The van der Waals surface area contributed by atoms with Gasteiger partial charge in [-0.3, -0.25) is 14.7 Å². The Balaban J connectivity index is 1.96. The third-order valence-corrected chi connectivity index (χ3v) is 4.43. The van der Waals surface area contributed by atoms with Gasteiger partial charge in [-0.25, -0.2) is 4.68 Å². The van der Waals surface area contributed by atoms with Crippen molar-refractivity contribution in [3.05, 3.63) is 80.1 Å². The number of nitrogens with zero attached hydrogens (tertiary/aromatic N) is 1. The van der Waals surface area contributed by atoms with Crippen molar-refractivity contribution in [2.24, 2.45) is 0 Å². The predicted molar refractivity (Wildman–Crippen MR) is 105 cm³/mol. The molecule has 0 saturated carbocycles. The van der Waals surface area contributed by atoms with E-state index in [-0.39, 0.29) is 11.3 Å². The molecule has 0 aliphatic rings. The highest BCUT2D eigenvalue weighted by atomic mass is 16.1. The number of aromatic amines is 1. The summed E-state index contributed by atoms with van der Waals surface area (Å²) in [6.45, 7) is 9.49. The first-order valence-electron chi connectivity index (χ1n) is 8.32. The lowest BCUT2D eigenvalue weighted by Gasteiger charge is -2.04. The monoisotopic (exact) mass is 347 g/mol. The molecule has 0 spiro atoms. The lowest BCUT2D eigenvalue weighted by Crippen LogP contribution is -2.34. The summed E-state index contributed by atoms with van der Waals surface area (Å²) in [5.41, 5.74) is 4.31. The topological polar surface area (TPSA) is 66.9 Å². The lowest BCUT2D eigenvalue weighted by atomic mass is 10.1. The van der Waals surface area contributed by atoms with Crippen molar-refractivity contribution in [1.29, 1.82) is 0 Å². The van der Waals surface area contributed by atoms with Crippen LogP contribution in [0.5, 0.6) is 0 Å². The van der Waals surface area contributed by atoms with E-state index in [9.17, 15) is 9.59 Å². The van der Waals surface area contributed by atoms with E-state index in [1.807, 2.05) is 32.0 Å². The van der Waals surface area contributed by atoms with Gasteiger partial charge >= 0.3 is 0 Å². The molecular weight excluding hydrogens is 326 g/mol. The van der Waals surface area contributed by atoms with E-state index in [2.05, 4.69) is 17.0 Å². The molecule has 5 heteroatoms. The first-order chi connectivity index (χ1) is 12.4. The third-order valence-electron chi connectivity index (χ3n) is 4.43. The smallest absolute Gasteiger partial charge is 0.280 e. The van der Waals surface area contributed by atoms with Gasteiger partial charge in [0.15, 0.2) is 5.78 Å². The number of anilines is 1. The van der Waals surface area contributed by atoms with Crippen molar-refractivity contribution in [3.8, 4) is 5.69 Å². The summed E-state index contributed by atoms with van der Waals surface area (Å²) in [4.78, 5) is 24.0. The van der Waals surface area contributed by atoms with Gasteiger partial charge in [0.05, 0.1) is 16.3 Å². The molecule has 3 rings (SSSR count). The van der Waals surface area contributed by atoms with Gasteiger partial charge in [0, 0.05) is 17.5 Å². The maximum Gasteiger partial charge on any atom is 0.280 e. The lowest BCUT2D eigenvalue weighted by molar-refractivity contribution is 0.101. The summed E-state index contributed by atoms with van der Waals surface area (Å²) in [6.07, 6.45) is 1.63. The van der Waals surface area contributed by atoms with Crippen LogP contribution in [0.1, 0.15) is 28.4 Å². The minimum Gasteiger partial charge on any atom is -0.361 e. The van der Waals surface area contributed by atoms with Crippen LogP contribution in [0.4, 0.5) is 5.69 Å². The Bertz CT molecular complexity index is 1140. The Kier molecular flexibility index (Phi) is 4.63. The number of H-pyrrole nitrogens is 1. The summed E-state index contributed by atoms with van der Waals surface area (Å²) < 4.78 is 1.49. The highest BCUT2D eigenvalue weighted by Crippen LogP contribution is 2.11. The normalized spacial score (nSPS) is 11.6.